The van der Waals surface area contributed by atoms with Gasteiger partial charge in [0.1, 0.15) is 11.5 Å². The van der Waals surface area contributed by atoms with Crippen molar-refractivity contribution in [1.29, 1.82) is 0 Å². The molecule has 7 nitrogen and oxygen atoms in total. The number of nitrogens with one attached hydrogen (secondary N) is 1. The van der Waals surface area contributed by atoms with Crippen molar-refractivity contribution in [3.8, 4) is 11.5 Å². The highest BCUT2D eigenvalue weighted by atomic mass is 32.2. The zero-order chi connectivity index (χ0) is 21.9. The molecule has 8 heteroatoms. The molecule has 2 aromatic carbocycles. The smallest absolute Gasteiger partial charge is 0.261 e. The van der Waals surface area contributed by atoms with Crippen LogP contribution in [0.1, 0.15) is 36.9 Å². The lowest BCUT2D eigenvalue weighted by Gasteiger charge is -2.22. The summed E-state index contributed by atoms with van der Waals surface area (Å²) in [5, 5.41) is 3.06. The van der Waals surface area contributed by atoms with E-state index in [0.717, 1.165) is 23.1 Å². The van der Waals surface area contributed by atoms with Crippen LogP contribution in [0.3, 0.4) is 0 Å². The van der Waals surface area contributed by atoms with Crippen LogP contribution < -0.4 is 19.1 Å². The summed E-state index contributed by atoms with van der Waals surface area (Å²) < 4.78 is 37.0. The summed E-state index contributed by atoms with van der Waals surface area (Å²) in [4.78, 5) is 13.0. The summed E-state index contributed by atoms with van der Waals surface area (Å²) >= 11 is 0. The van der Waals surface area contributed by atoms with E-state index in [1.165, 1.54) is 4.31 Å². The third-order valence-electron chi connectivity index (χ3n) is 5.24. The molecule has 0 aliphatic carbocycles. The van der Waals surface area contributed by atoms with E-state index in [1.54, 1.807) is 31.4 Å². The second-order valence-corrected chi connectivity index (χ2v) is 9.30. The van der Waals surface area contributed by atoms with E-state index in [0.29, 0.717) is 17.9 Å². The van der Waals surface area contributed by atoms with E-state index in [2.05, 4.69) is 5.32 Å². The maximum atomic E-state index is 13.0. The van der Waals surface area contributed by atoms with Crippen LogP contribution >= 0.6 is 0 Å². The number of anilines is 1. The molecule has 1 N–H and O–H groups in total. The number of methoxy groups -OCH3 is 1. The summed E-state index contributed by atoms with van der Waals surface area (Å²) in [6, 6.07) is 12.5. The van der Waals surface area contributed by atoms with Gasteiger partial charge in [-0.3, -0.25) is 9.10 Å². The maximum Gasteiger partial charge on any atom is 0.261 e. The zero-order valence-electron chi connectivity index (χ0n) is 17.7. The SMILES string of the molecule is CC[C@H](NC(=O)[C@@H]1CCN(S(C)(=O)=O)c2ccccc2O1)c1ccc(OC)c(C)c1. The Morgan fingerprint density at radius 2 is 2.03 bits per heavy atom. The molecular formula is C22H28N2O5S. The summed E-state index contributed by atoms with van der Waals surface area (Å²) in [5.74, 6) is 0.916. The Morgan fingerprint density at radius 1 is 1.30 bits per heavy atom. The number of para-hydroxylation sites is 2. The van der Waals surface area contributed by atoms with Crippen LogP contribution in [0.4, 0.5) is 5.69 Å². The van der Waals surface area contributed by atoms with Gasteiger partial charge in [-0.05, 0) is 42.7 Å². The second kappa shape index (κ2) is 8.95. The lowest BCUT2D eigenvalue weighted by molar-refractivity contribution is -0.128. The molecule has 3 rings (SSSR count). The highest BCUT2D eigenvalue weighted by molar-refractivity contribution is 7.92. The third kappa shape index (κ3) is 4.70. The summed E-state index contributed by atoms with van der Waals surface area (Å²) in [6.07, 6.45) is 1.33. The van der Waals surface area contributed by atoms with Crippen molar-refractivity contribution >= 4 is 21.6 Å². The Kier molecular flexibility index (Phi) is 6.55. The Bertz CT molecular complexity index is 1020. The number of ether oxygens (including phenoxy) is 2. The van der Waals surface area contributed by atoms with E-state index >= 15 is 0 Å². The van der Waals surface area contributed by atoms with Gasteiger partial charge in [-0.15, -0.1) is 0 Å². The fourth-order valence-electron chi connectivity index (χ4n) is 3.66. The molecule has 1 heterocycles. The van der Waals surface area contributed by atoms with Gasteiger partial charge in [0.2, 0.25) is 10.0 Å². The molecule has 0 unspecified atom stereocenters. The number of nitrogens with zero attached hydrogens (tertiary/aromatic N) is 1. The number of hydrogen-bond acceptors (Lipinski definition) is 5. The largest absolute Gasteiger partial charge is 0.496 e. The van der Waals surface area contributed by atoms with E-state index in [9.17, 15) is 13.2 Å². The zero-order valence-corrected chi connectivity index (χ0v) is 18.5. The molecule has 0 aromatic heterocycles. The van der Waals surface area contributed by atoms with Gasteiger partial charge in [0.15, 0.2) is 6.10 Å². The summed E-state index contributed by atoms with van der Waals surface area (Å²) in [7, 11) is -1.86. The average Bonchev–Trinajstić information content (AvgIpc) is 2.91. The van der Waals surface area contributed by atoms with Crippen LogP contribution in [0.2, 0.25) is 0 Å². The normalized spacial score (nSPS) is 17.3. The summed E-state index contributed by atoms with van der Waals surface area (Å²) in [6.45, 7) is 4.13. The van der Waals surface area contributed by atoms with Crippen LogP contribution in [0.25, 0.3) is 0 Å². The maximum absolute atomic E-state index is 13.0. The summed E-state index contributed by atoms with van der Waals surface area (Å²) in [5.41, 5.74) is 2.43. The van der Waals surface area contributed by atoms with Crippen molar-refractivity contribution in [3.63, 3.8) is 0 Å². The highest BCUT2D eigenvalue weighted by Crippen LogP contribution is 2.34. The Hall–Kier alpha value is -2.74. The van der Waals surface area contributed by atoms with Crippen LogP contribution in [0.5, 0.6) is 11.5 Å². The molecule has 0 saturated heterocycles. The number of amides is 1. The molecule has 30 heavy (non-hydrogen) atoms. The first kappa shape index (κ1) is 22.0. The van der Waals surface area contributed by atoms with Crippen molar-refractivity contribution in [3.05, 3.63) is 53.6 Å². The molecule has 1 aliphatic heterocycles. The predicted molar refractivity (Wildman–Crippen MR) is 117 cm³/mol. The third-order valence-corrected chi connectivity index (χ3v) is 6.42. The van der Waals surface area contributed by atoms with Crippen molar-refractivity contribution in [1.82, 2.24) is 5.32 Å². The molecule has 2 atom stereocenters. The molecule has 1 aliphatic rings. The van der Waals surface area contributed by atoms with Gasteiger partial charge in [0.25, 0.3) is 5.91 Å². The van der Waals surface area contributed by atoms with Gasteiger partial charge in [-0.2, -0.15) is 0 Å². The lowest BCUT2D eigenvalue weighted by Crippen LogP contribution is -2.41. The first-order valence-electron chi connectivity index (χ1n) is 9.93. The fraction of sp³-hybridized carbons (Fsp3) is 0.409. The molecule has 0 saturated carbocycles. The number of carbonyl (C=O) groups is 1. The topological polar surface area (TPSA) is 84.9 Å². The molecule has 0 spiro atoms. The number of carbonyl (C=O) groups excluding carboxylic acids is 1. The number of benzene rings is 2. The van der Waals surface area contributed by atoms with Crippen LogP contribution in [-0.4, -0.2) is 40.3 Å². The van der Waals surface area contributed by atoms with Crippen molar-refractivity contribution in [2.45, 2.75) is 38.8 Å². The number of fused-ring (bicyclic) bond motifs is 1. The Morgan fingerprint density at radius 3 is 2.67 bits per heavy atom. The molecule has 1 amide bonds. The van der Waals surface area contributed by atoms with E-state index in [-0.39, 0.29) is 24.9 Å². The molecule has 0 radical (unpaired) electrons. The van der Waals surface area contributed by atoms with E-state index in [4.69, 9.17) is 9.47 Å². The fourth-order valence-corrected chi connectivity index (χ4v) is 4.61. The second-order valence-electron chi connectivity index (χ2n) is 7.40. The van der Waals surface area contributed by atoms with Crippen molar-refractivity contribution in [2.75, 3.05) is 24.2 Å². The van der Waals surface area contributed by atoms with Crippen LogP contribution in [-0.2, 0) is 14.8 Å². The standard InChI is InChI=1S/C22H28N2O5S/c1-5-17(16-10-11-19(28-3)15(2)14-16)23-22(25)21-12-13-24(30(4,26)27)18-8-6-7-9-20(18)29-21/h6-11,14,17,21H,5,12-13H2,1-4H3,(H,23,25)/t17-,21-/m0/s1. The highest BCUT2D eigenvalue weighted by Gasteiger charge is 2.31. The first-order valence-corrected chi connectivity index (χ1v) is 11.8. The van der Waals surface area contributed by atoms with Crippen molar-refractivity contribution in [2.24, 2.45) is 0 Å². The minimum absolute atomic E-state index is 0.173. The minimum Gasteiger partial charge on any atom is -0.496 e. The minimum atomic E-state index is -3.48. The molecule has 0 bridgehead atoms. The van der Waals surface area contributed by atoms with Crippen LogP contribution in [0.15, 0.2) is 42.5 Å². The van der Waals surface area contributed by atoms with Gasteiger partial charge in [0.05, 0.1) is 25.1 Å². The van der Waals surface area contributed by atoms with Gasteiger partial charge in [-0.25, -0.2) is 8.42 Å². The quantitative estimate of drug-likeness (QED) is 0.758. The number of aryl methyl sites for hydroxylation is 1. The van der Waals surface area contributed by atoms with Gasteiger partial charge in [0, 0.05) is 13.0 Å². The lowest BCUT2D eigenvalue weighted by atomic mass is 10.0. The molecular weight excluding hydrogens is 404 g/mol. The van der Waals surface area contributed by atoms with Crippen molar-refractivity contribution < 1.29 is 22.7 Å². The molecule has 2 aromatic rings. The molecule has 0 fully saturated rings. The van der Waals surface area contributed by atoms with Gasteiger partial charge >= 0.3 is 0 Å². The Balaban J connectivity index is 1.81. The molecule has 162 valence electrons. The van der Waals surface area contributed by atoms with E-state index < -0.39 is 16.1 Å². The number of rotatable bonds is 6. The number of sulfonamides is 1. The van der Waals surface area contributed by atoms with Crippen LogP contribution in [0, 0.1) is 6.92 Å². The average molecular weight is 433 g/mol. The number of hydrogen-bond donors (Lipinski definition) is 1. The van der Waals surface area contributed by atoms with Gasteiger partial charge in [-0.1, -0.05) is 31.2 Å². The first-order chi connectivity index (χ1) is 14.2. The van der Waals surface area contributed by atoms with E-state index in [1.807, 2.05) is 32.0 Å². The Labute approximate surface area is 178 Å². The monoisotopic (exact) mass is 432 g/mol. The van der Waals surface area contributed by atoms with Gasteiger partial charge < -0.3 is 14.8 Å². The predicted octanol–water partition coefficient (Wildman–Crippen LogP) is 3.19.